The zero-order chi connectivity index (χ0) is 19.3. The Hall–Kier alpha value is -3.23. The molecule has 0 spiro atoms. The highest BCUT2D eigenvalue weighted by Gasteiger charge is 2.42. The van der Waals surface area contributed by atoms with Gasteiger partial charge in [0.15, 0.2) is 5.78 Å². The molecule has 0 unspecified atom stereocenters. The van der Waals surface area contributed by atoms with Crippen molar-refractivity contribution < 1.29 is 9.90 Å². The maximum Gasteiger partial charge on any atom is 0.193 e. The second-order valence-electron chi connectivity index (χ2n) is 7.54. The summed E-state index contributed by atoms with van der Waals surface area (Å²) >= 11 is 0. The lowest BCUT2D eigenvalue weighted by Gasteiger charge is -2.36. The fourth-order valence-electron chi connectivity index (χ4n) is 4.50. The van der Waals surface area contributed by atoms with Crippen molar-refractivity contribution in [3.8, 4) is 0 Å². The minimum Gasteiger partial charge on any atom is -0.380 e. The molecule has 0 aliphatic heterocycles. The Morgan fingerprint density at radius 3 is 2.00 bits per heavy atom. The van der Waals surface area contributed by atoms with Gasteiger partial charge < -0.3 is 5.11 Å². The monoisotopic (exact) mass is 364 g/mol. The van der Waals surface area contributed by atoms with Crippen LogP contribution >= 0.6 is 0 Å². The SMILES string of the molecule is Cc1ccc2ccccc2c1CC1(O)c2ccccc2C(=O)c2ccccc21. The molecule has 0 radical (unpaired) electrons. The topological polar surface area (TPSA) is 37.3 Å². The fraction of sp³-hybridized carbons (Fsp3) is 0.115. The molecule has 0 saturated carbocycles. The lowest BCUT2D eigenvalue weighted by molar-refractivity contribution is 0.0722. The van der Waals surface area contributed by atoms with E-state index in [1.54, 1.807) is 0 Å². The first-order chi connectivity index (χ1) is 13.6. The van der Waals surface area contributed by atoms with E-state index in [1.165, 1.54) is 0 Å². The van der Waals surface area contributed by atoms with Crippen LogP contribution in [0.5, 0.6) is 0 Å². The van der Waals surface area contributed by atoms with Crippen LogP contribution in [0, 0.1) is 6.92 Å². The first kappa shape index (κ1) is 16.9. The number of hydrogen-bond acceptors (Lipinski definition) is 2. The third kappa shape index (κ3) is 2.35. The third-order valence-electron chi connectivity index (χ3n) is 5.94. The number of fused-ring (bicyclic) bond motifs is 3. The van der Waals surface area contributed by atoms with Gasteiger partial charge in [0.1, 0.15) is 5.60 Å². The lowest BCUT2D eigenvalue weighted by atomic mass is 9.71. The number of aryl methyl sites for hydroxylation is 1. The van der Waals surface area contributed by atoms with Crippen molar-refractivity contribution >= 4 is 16.6 Å². The average Bonchev–Trinajstić information content (AvgIpc) is 2.74. The van der Waals surface area contributed by atoms with Gasteiger partial charge in [-0.3, -0.25) is 4.79 Å². The molecule has 4 aromatic rings. The van der Waals surface area contributed by atoms with Gasteiger partial charge in [-0.15, -0.1) is 0 Å². The van der Waals surface area contributed by atoms with E-state index in [9.17, 15) is 9.90 Å². The highest BCUT2D eigenvalue weighted by atomic mass is 16.3. The van der Waals surface area contributed by atoms with Crippen LogP contribution in [0.15, 0.2) is 84.9 Å². The van der Waals surface area contributed by atoms with E-state index in [0.717, 1.165) is 21.9 Å². The first-order valence-electron chi connectivity index (χ1n) is 9.53. The van der Waals surface area contributed by atoms with E-state index in [-0.39, 0.29) is 5.78 Å². The lowest BCUT2D eigenvalue weighted by Crippen LogP contribution is -2.37. The summed E-state index contributed by atoms with van der Waals surface area (Å²) < 4.78 is 0. The number of benzene rings is 4. The summed E-state index contributed by atoms with van der Waals surface area (Å²) in [4.78, 5) is 13.0. The Morgan fingerprint density at radius 2 is 1.32 bits per heavy atom. The summed E-state index contributed by atoms with van der Waals surface area (Å²) in [6, 6.07) is 27.3. The minimum atomic E-state index is -1.25. The Balaban J connectivity index is 1.79. The molecule has 136 valence electrons. The summed E-state index contributed by atoms with van der Waals surface area (Å²) in [5.74, 6) is -0.0227. The van der Waals surface area contributed by atoms with Crippen LogP contribution in [0.4, 0.5) is 0 Å². The zero-order valence-electron chi connectivity index (χ0n) is 15.6. The van der Waals surface area contributed by atoms with Crippen LogP contribution in [-0.2, 0) is 12.0 Å². The van der Waals surface area contributed by atoms with Gasteiger partial charge in [0.05, 0.1) is 0 Å². The second kappa shape index (κ2) is 6.15. The van der Waals surface area contributed by atoms with Crippen molar-refractivity contribution in [2.75, 3.05) is 0 Å². The van der Waals surface area contributed by atoms with E-state index in [0.29, 0.717) is 28.7 Å². The zero-order valence-corrected chi connectivity index (χ0v) is 15.6. The van der Waals surface area contributed by atoms with E-state index >= 15 is 0 Å². The standard InChI is InChI=1S/C26H20O2/c1-17-14-15-18-8-2-3-9-19(18)22(17)16-26(28)23-12-6-4-10-20(23)25(27)21-11-5-7-13-24(21)26/h2-15,28H,16H2,1H3. The molecule has 1 N–H and O–H groups in total. The van der Waals surface area contributed by atoms with E-state index in [1.807, 2.05) is 60.7 Å². The largest absolute Gasteiger partial charge is 0.380 e. The normalized spacial score (nSPS) is 14.6. The molecule has 2 heteroatoms. The van der Waals surface area contributed by atoms with Crippen molar-refractivity contribution in [3.05, 3.63) is 118 Å². The molecule has 4 aromatic carbocycles. The van der Waals surface area contributed by atoms with Crippen molar-refractivity contribution in [3.63, 3.8) is 0 Å². The molecule has 1 aliphatic carbocycles. The molecule has 0 aromatic heterocycles. The van der Waals surface area contributed by atoms with Crippen LogP contribution < -0.4 is 0 Å². The van der Waals surface area contributed by atoms with Gasteiger partial charge in [-0.1, -0.05) is 84.9 Å². The number of carbonyl (C=O) groups is 1. The summed E-state index contributed by atoms with van der Waals surface area (Å²) in [6.45, 7) is 2.08. The van der Waals surface area contributed by atoms with E-state index < -0.39 is 5.60 Å². The molecule has 28 heavy (non-hydrogen) atoms. The maximum absolute atomic E-state index is 13.0. The van der Waals surface area contributed by atoms with Crippen LogP contribution in [0.3, 0.4) is 0 Å². The van der Waals surface area contributed by atoms with Gasteiger partial charge in [-0.2, -0.15) is 0 Å². The molecule has 0 fully saturated rings. The molecule has 1 aliphatic rings. The second-order valence-corrected chi connectivity index (χ2v) is 7.54. The van der Waals surface area contributed by atoms with Gasteiger partial charge in [0.2, 0.25) is 0 Å². The van der Waals surface area contributed by atoms with Crippen LogP contribution in [-0.4, -0.2) is 10.9 Å². The first-order valence-corrected chi connectivity index (χ1v) is 9.53. The molecule has 0 saturated heterocycles. The van der Waals surface area contributed by atoms with Gasteiger partial charge in [0, 0.05) is 17.5 Å². The Bertz CT molecular complexity index is 1190. The summed E-state index contributed by atoms with van der Waals surface area (Å²) in [6.07, 6.45) is 0.418. The molecule has 0 bridgehead atoms. The van der Waals surface area contributed by atoms with Crippen molar-refractivity contribution in [1.82, 2.24) is 0 Å². The molecule has 0 atom stereocenters. The molecule has 5 rings (SSSR count). The quantitative estimate of drug-likeness (QED) is 0.533. The average molecular weight is 364 g/mol. The van der Waals surface area contributed by atoms with E-state index in [4.69, 9.17) is 0 Å². The Morgan fingerprint density at radius 1 is 0.750 bits per heavy atom. The highest BCUT2D eigenvalue weighted by molar-refractivity contribution is 6.13. The van der Waals surface area contributed by atoms with Gasteiger partial charge >= 0.3 is 0 Å². The molecule has 0 heterocycles. The number of hydrogen-bond donors (Lipinski definition) is 1. The van der Waals surface area contributed by atoms with Crippen molar-refractivity contribution in [2.45, 2.75) is 18.9 Å². The van der Waals surface area contributed by atoms with Gasteiger partial charge in [-0.05, 0) is 39.9 Å². The predicted octanol–water partition coefficient (Wildman–Crippen LogP) is 5.17. The Kier molecular flexibility index (Phi) is 3.71. The number of ketones is 1. The summed E-state index contributed by atoms with van der Waals surface area (Å²) in [5, 5.41) is 14.4. The molecular weight excluding hydrogens is 344 g/mol. The minimum absolute atomic E-state index is 0.0227. The van der Waals surface area contributed by atoms with Gasteiger partial charge in [0.25, 0.3) is 0 Å². The number of carbonyl (C=O) groups excluding carboxylic acids is 1. The number of rotatable bonds is 2. The van der Waals surface area contributed by atoms with Crippen molar-refractivity contribution in [1.29, 1.82) is 0 Å². The highest BCUT2D eigenvalue weighted by Crippen LogP contribution is 2.43. The van der Waals surface area contributed by atoms with E-state index in [2.05, 4.69) is 31.2 Å². The van der Waals surface area contributed by atoms with Crippen LogP contribution in [0.2, 0.25) is 0 Å². The van der Waals surface area contributed by atoms with Gasteiger partial charge in [-0.25, -0.2) is 0 Å². The summed E-state index contributed by atoms with van der Waals surface area (Å²) in [7, 11) is 0. The molecular formula is C26H20O2. The third-order valence-corrected chi connectivity index (χ3v) is 5.94. The fourth-order valence-corrected chi connectivity index (χ4v) is 4.50. The van der Waals surface area contributed by atoms with Crippen molar-refractivity contribution in [2.24, 2.45) is 0 Å². The number of aliphatic hydroxyl groups is 1. The smallest absolute Gasteiger partial charge is 0.193 e. The maximum atomic E-state index is 13.0. The Labute approximate surface area is 164 Å². The van der Waals surface area contributed by atoms with Crippen LogP contribution in [0.25, 0.3) is 10.8 Å². The predicted molar refractivity (Wildman–Crippen MR) is 112 cm³/mol. The summed E-state index contributed by atoms with van der Waals surface area (Å²) in [5.41, 5.74) is 3.54. The molecule has 0 amide bonds. The molecule has 2 nitrogen and oxygen atoms in total. The van der Waals surface area contributed by atoms with Crippen LogP contribution in [0.1, 0.15) is 38.2 Å².